The van der Waals surface area contributed by atoms with Crippen LogP contribution in [0.3, 0.4) is 0 Å². The molecule has 2 rings (SSSR count). The van der Waals surface area contributed by atoms with Crippen LogP contribution in [0.5, 0.6) is 0 Å². The molecule has 0 radical (unpaired) electrons. The first-order chi connectivity index (χ1) is 9.31. The molecule has 0 aromatic heterocycles. The number of thioether (sulfide) groups is 1. The van der Waals surface area contributed by atoms with Gasteiger partial charge in [0, 0.05) is 17.8 Å². The van der Waals surface area contributed by atoms with Crippen LogP contribution in [0, 0.1) is 5.92 Å². The average molecular weight is 277 g/mol. The minimum Gasteiger partial charge on any atom is -0.309 e. The van der Waals surface area contributed by atoms with E-state index in [9.17, 15) is 0 Å². The second kappa shape index (κ2) is 7.96. The minimum absolute atomic E-state index is 0.552. The molecule has 1 fully saturated rings. The van der Waals surface area contributed by atoms with Gasteiger partial charge in [0.25, 0.3) is 0 Å². The molecule has 0 amide bonds. The quantitative estimate of drug-likeness (QED) is 0.812. The van der Waals surface area contributed by atoms with Crippen molar-refractivity contribution in [3.05, 3.63) is 35.9 Å². The molecule has 1 aromatic rings. The van der Waals surface area contributed by atoms with Crippen LogP contribution in [0.2, 0.25) is 0 Å². The highest BCUT2D eigenvalue weighted by molar-refractivity contribution is 7.99. The van der Waals surface area contributed by atoms with Gasteiger partial charge in [-0.15, -0.1) is 0 Å². The summed E-state index contributed by atoms with van der Waals surface area (Å²) in [6.45, 7) is 3.41. The van der Waals surface area contributed by atoms with Crippen LogP contribution in [0.1, 0.15) is 50.6 Å². The van der Waals surface area contributed by atoms with Gasteiger partial charge in [0.2, 0.25) is 0 Å². The second-order valence-electron chi connectivity index (χ2n) is 5.74. The van der Waals surface area contributed by atoms with Crippen molar-refractivity contribution in [2.75, 3.05) is 12.8 Å². The van der Waals surface area contributed by atoms with Crippen molar-refractivity contribution >= 4 is 11.8 Å². The lowest BCUT2D eigenvalue weighted by atomic mass is 9.81. The van der Waals surface area contributed by atoms with E-state index in [-0.39, 0.29) is 0 Å². The second-order valence-corrected chi connectivity index (χ2v) is 7.02. The Morgan fingerprint density at radius 3 is 2.47 bits per heavy atom. The van der Waals surface area contributed by atoms with Gasteiger partial charge in [0.1, 0.15) is 0 Å². The lowest BCUT2D eigenvalue weighted by Gasteiger charge is -2.32. The molecule has 106 valence electrons. The first-order valence-corrected chi connectivity index (χ1v) is 8.91. The van der Waals surface area contributed by atoms with Crippen LogP contribution in [-0.2, 0) is 0 Å². The van der Waals surface area contributed by atoms with Crippen molar-refractivity contribution in [3.8, 4) is 0 Å². The van der Waals surface area contributed by atoms with Crippen molar-refractivity contribution in [3.63, 3.8) is 0 Å². The number of benzene rings is 1. The lowest BCUT2D eigenvalue weighted by Crippen LogP contribution is -2.33. The topological polar surface area (TPSA) is 12.0 Å². The van der Waals surface area contributed by atoms with Crippen LogP contribution in [0.25, 0.3) is 0 Å². The fraction of sp³-hybridized carbons (Fsp3) is 0.647. The van der Waals surface area contributed by atoms with E-state index in [4.69, 9.17) is 0 Å². The molecule has 2 heteroatoms. The van der Waals surface area contributed by atoms with E-state index in [1.165, 1.54) is 37.7 Å². The van der Waals surface area contributed by atoms with E-state index in [1.807, 2.05) is 11.8 Å². The Bertz CT molecular complexity index is 346. The third-order valence-corrected chi connectivity index (χ3v) is 5.28. The zero-order chi connectivity index (χ0) is 13.5. The van der Waals surface area contributed by atoms with Gasteiger partial charge in [-0.05, 0) is 30.6 Å². The van der Waals surface area contributed by atoms with Crippen LogP contribution >= 0.6 is 11.8 Å². The molecule has 19 heavy (non-hydrogen) atoms. The van der Waals surface area contributed by atoms with E-state index < -0.39 is 0 Å². The van der Waals surface area contributed by atoms with Gasteiger partial charge in [-0.3, -0.25) is 0 Å². The molecule has 0 saturated heterocycles. The molecule has 2 unspecified atom stereocenters. The lowest BCUT2D eigenvalue weighted by molar-refractivity contribution is 0.272. The predicted molar refractivity (Wildman–Crippen MR) is 86.7 cm³/mol. The summed E-state index contributed by atoms with van der Waals surface area (Å²) in [5.41, 5.74) is 1.47. The summed E-state index contributed by atoms with van der Waals surface area (Å²) in [6.07, 6.45) is 9.23. The molecule has 0 bridgehead atoms. The van der Waals surface area contributed by atoms with Gasteiger partial charge in [-0.25, -0.2) is 0 Å². The molecule has 2 atom stereocenters. The first kappa shape index (κ1) is 14.9. The van der Waals surface area contributed by atoms with Gasteiger partial charge in [0.05, 0.1) is 0 Å². The SMILES string of the molecule is CSC(C)CNC(c1ccccc1)C1CCCCC1. The smallest absolute Gasteiger partial charge is 0.0349 e. The van der Waals surface area contributed by atoms with E-state index >= 15 is 0 Å². The highest BCUT2D eigenvalue weighted by atomic mass is 32.2. The minimum atomic E-state index is 0.552. The van der Waals surface area contributed by atoms with E-state index in [2.05, 4.69) is 48.8 Å². The number of hydrogen-bond donors (Lipinski definition) is 1. The monoisotopic (exact) mass is 277 g/mol. The largest absolute Gasteiger partial charge is 0.309 e. The standard InChI is InChI=1S/C17H27NS/c1-14(19-2)13-18-17(15-9-5-3-6-10-15)16-11-7-4-8-12-16/h3,5-6,9-10,14,16-18H,4,7-8,11-13H2,1-2H3. The Morgan fingerprint density at radius 2 is 1.84 bits per heavy atom. The Kier molecular flexibility index (Phi) is 6.25. The van der Waals surface area contributed by atoms with E-state index in [1.54, 1.807) is 0 Å². The normalized spacial score (nSPS) is 20.1. The zero-order valence-electron chi connectivity index (χ0n) is 12.3. The molecule has 1 saturated carbocycles. The number of rotatable bonds is 6. The van der Waals surface area contributed by atoms with Crippen molar-refractivity contribution in [2.45, 2.75) is 50.3 Å². The van der Waals surface area contributed by atoms with Gasteiger partial charge in [0.15, 0.2) is 0 Å². The third-order valence-electron chi connectivity index (χ3n) is 4.31. The van der Waals surface area contributed by atoms with Crippen molar-refractivity contribution in [1.29, 1.82) is 0 Å². The Hall–Kier alpha value is -0.470. The first-order valence-electron chi connectivity index (χ1n) is 7.62. The van der Waals surface area contributed by atoms with Crippen LogP contribution in [0.4, 0.5) is 0 Å². The summed E-state index contributed by atoms with van der Waals surface area (Å²) in [4.78, 5) is 0. The fourth-order valence-corrected chi connectivity index (χ4v) is 3.32. The molecule has 1 aliphatic rings. The van der Waals surface area contributed by atoms with Gasteiger partial charge >= 0.3 is 0 Å². The molecule has 1 nitrogen and oxygen atoms in total. The van der Waals surface area contributed by atoms with Crippen LogP contribution in [-0.4, -0.2) is 18.1 Å². The van der Waals surface area contributed by atoms with Crippen LogP contribution < -0.4 is 5.32 Å². The Morgan fingerprint density at radius 1 is 1.16 bits per heavy atom. The highest BCUT2D eigenvalue weighted by Crippen LogP contribution is 2.34. The summed E-state index contributed by atoms with van der Waals surface area (Å²) in [5, 5.41) is 4.53. The maximum atomic E-state index is 3.84. The van der Waals surface area contributed by atoms with E-state index in [0.717, 1.165) is 12.5 Å². The van der Waals surface area contributed by atoms with E-state index in [0.29, 0.717) is 11.3 Å². The molecule has 0 heterocycles. The molecular formula is C17H27NS. The molecule has 1 aromatic carbocycles. The summed E-state index contributed by atoms with van der Waals surface area (Å²) in [5.74, 6) is 0.824. The Labute approximate surface area is 122 Å². The number of hydrogen-bond acceptors (Lipinski definition) is 2. The average Bonchev–Trinajstić information content (AvgIpc) is 2.49. The van der Waals surface area contributed by atoms with Gasteiger partial charge in [-0.1, -0.05) is 56.5 Å². The fourth-order valence-electron chi connectivity index (χ4n) is 3.06. The van der Waals surface area contributed by atoms with Crippen molar-refractivity contribution < 1.29 is 0 Å². The molecule has 0 spiro atoms. The third kappa shape index (κ3) is 4.54. The van der Waals surface area contributed by atoms with Crippen molar-refractivity contribution in [2.24, 2.45) is 5.92 Å². The zero-order valence-corrected chi connectivity index (χ0v) is 13.1. The maximum absolute atomic E-state index is 3.84. The summed E-state index contributed by atoms with van der Waals surface area (Å²) >= 11 is 1.95. The van der Waals surface area contributed by atoms with Crippen molar-refractivity contribution in [1.82, 2.24) is 5.32 Å². The number of nitrogens with one attached hydrogen (secondary N) is 1. The summed E-state index contributed by atoms with van der Waals surface area (Å²) in [7, 11) is 0. The molecular weight excluding hydrogens is 250 g/mol. The summed E-state index contributed by atoms with van der Waals surface area (Å²) in [6, 6.07) is 11.6. The Balaban J connectivity index is 2.04. The molecule has 1 N–H and O–H groups in total. The molecule has 0 aliphatic heterocycles. The highest BCUT2D eigenvalue weighted by Gasteiger charge is 2.24. The van der Waals surface area contributed by atoms with Gasteiger partial charge < -0.3 is 5.32 Å². The molecule has 1 aliphatic carbocycles. The maximum Gasteiger partial charge on any atom is 0.0349 e. The van der Waals surface area contributed by atoms with Crippen LogP contribution in [0.15, 0.2) is 30.3 Å². The van der Waals surface area contributed by atoms with Gasteiger partial charge in [-0.2, -0.15) is 11.8 Å². The summed E-state index contributed by atoms with van der Waals surface area (Å²) < 4.78 is 0. The predicted octanol–water partition coefficient (Wildman–Crippen LogP) is 4.65.